The molecule has 1 aromatic carbocycles. The fraction of sp³-hybridized carbons (Fsp3) is 0.763. The predicted molar refractivity (Wildman–Crippen MR) is 182 cm³/mol. The van der Waals surface area contributed by atoms with Crippen molar-refractivity contribution in [2.24, 2.45) is 52.1 Å². The molecule has 1 aromatic rings. The number of phenols is 2. The number of rotatable bonds is 11. The van der Waals surface area contributed by atoms with Crippen molar-refractivity contribution < 1.29 is 39.5 Å². The molecule has 4 saturated carbocycles. The minimum atomic E-state index is -1.04. The van der Waals surface area contributed by atoms with Crippen LogP contribution < -0.4 is 11.1 Å². The number of primary amides is 1. The first kappa shape index (κ1) is 36.4. The second-order valence-electron chi connectivity index (χ2n) is 16.8. The van der Waals surface area contributed by atoms with E-state index in [4.69, 9.17) is 10.5 Å². The molecule has 0 aromatic heterocycles. The van der Waals surface area contributed by atoms with Gasteiger partial charge in [-0.25, -0.2) is 0 Å². The van der Waals surface area contributed by atoms with E-state index in [0.29, 0.717) is 36.5 Å². The summed E-state index contributed by atoms with van der Waals surface area (Å²) in [5.41, 5.74) is 3.97. The van der Waals surface area contributed by atoms with Gasteiger partial charge in [-0.05, 0) is 123 Å². The van der Waals surface area contributed by atoms with Crippen LogP contribution in [-0.4, -0.2) is 56.0 Å². The summed E-state index contributed by atoms with van der Waals surface area (Å²) in [6.45, 7) is 11.3. The number of hydrogen-bond donors (Lipinski definition) is 6. The quantitative estimate of drug-likeness (QED) is 0.0938. The Morgan fingerprint density at radius 2 is 1.69 bits per heavy atom. The van der Waals surface area contributed by atoms with Gasteiger partial charge in [-0.3, -0.25) is 14.4 Å². The Bertz CT molecular complexity index is 1380. The Kier molecular flexibility index (Phi) is 10.5. The Morgan fingerprint density at radius 3 is 2.38 bits per heavy atom. The highest BCUT2D eigenvalue weighted by Gasteiger charge is 2.64. The van der Waals surface area contributed by atoms with Crippen molar-refractivity contribution in [1.82, 2.24) is 0 Å². The zero-order chi connectivity index (χ0) is 35.2. The van der Waals surface area contributed by atoms with E-state index in [-0.39, 0.29) is 47.3 Å². The number of benzene rings is 1. The molecule has 5 rings (SSSR count). The zero-order valence-electron chi connectivity index (χ0n) is 29.5. The first-order valence-corrected chi connectivity index (χ1v) is 18.2. The maximum Gasteiger partial charge on any atom is 0.306 e. The van der Waals surface area contributed by atoms with Gasteiger partial charge >= 0.3 is 5.97 Å². The summed E-state index contributed by atoms with van der Waals surface area (Å²) in [4.78, 5) is 36.9. The monoisotopic (exact) mass is 670 g/mol. The van der Waals surface area contributed by atoms with Crippen LogP contribution in [0.5, 0.6) is 11.5 Å². The molecule has 4 aliphatic rings. The summed E-state index contributed by atoms with van der Waals surface area (Å²) in [5.74, 6) is -0.873. The number of aromatic hydroxyl groups is 2. The topological polar surface area (TPSA) is 179 Å². The molecule has 0 heterocycles. The van der Waals surface area contributed by atoms with E-state index < -0.39 is 46.6 Å². The van der Waals surface area contributed by atoms with Gasteiger partial charge in [0.15, 0.2) is 5.75 Å². The van der Waals surface area contributed by atoms with E-state index in [1.54, 1.807) is 0 Å². The van der Waals surface area contributed by atoms with Crippen molar-refractivity contribution in [3.63, 3.8) is 0 Å². The molecule has 2 amide bonds. The summed E-state index contributed by atoms with van der Waals surface area (Å²) in [5, 5.41) is 45.9. The number of nitrogens with two attached hydrogens (primary N) is 1. The molecule has 4 unspecified atom stereocenters. The van der Waals surface area contributed by atoms with Gasteiger partial charge in [-0.15, -0.1) is 0 Å². The Hall–Kier alpha value is -2.85. The lowest BCUT2D eigenvalue weighted by molar-refractivity contribution is -0.187. The number of esters is 1. The summed E-state index contributed by atoms with van der Waals surface area (Å²) < 4.78 is 5.84. The van der Waals surface area contributed by atoms with Crippen molar-refractivity contribution in [3.8, 4) is 11.5 Å². The minimum Gasteiger partial charge on any atom is -0.507 e. The fourth-order valence-corrected chi connectivity index (χ4v) is 11.0. The molecule has 0 aliphatic heterocycles. The van der Waals surface area contributed by atoms with Gasteiger partial charge in [-0.1, -0.05) is 40.5 Å². The third-order valence-corrected chi connectivity index (χ3v) is 13.4. The number of nitrogens with one attached hydrogen (secondary N) is 1. The SMILES string of the molecule is CC(C)CCC[C@](C)(O)C1CCC2C3C[C@H](O)[C@H]4C[C@@H](OC(=O)CCC(=O)Nc5ccc(O)c(C(N)=O)c5O)CC[C@]4(C)C3CC[C@@]21C. The van der Waals surface area contributed by atoms with Crippen molar-refractivity contribution in [1.29, 1.82) is 0 Å². The van der Waals surface area contributed by atoms with E-state index in [0.717, 1.165) is 63.9 Å². The van der Waals surface area contributed by atoms with E-state index in [1.807, 2.05) is 0 Å². The van der Waals surface area contributed by atoms with Crippen LogP contribution in [0.1, 0.15) is 128 Å². The molecule has 4 fully saturated rings. The molecule has 268 valence electrons. The van der Waals surface area contributed by atoms with Gasteiger partial charge in [0.1, 0.15) is 17.4 Å². The lowest BCUT2D eigenvalue weighted by Gasteiger charge is -2.62. The number of fused-ring (bicyclic) bond motifs is 5. The normalized spacial score (nSPS) is 35.5. The molecule has 0 radical (unpaired) electrons. The van der Waals surface area contributed by atoms with Gasteiger partial charge < -0.3 is 36.2 Å². The minimum absolute atomic E-state index is 0.0335. The standard InChI is InChI=1S/C38H58N2O8/c1-21(2)7-6-16-38(5,47)30-11-8-24-23-20-29(42)26-19-22(14-17-36(26,3)25(23)15-18-37(24,30)4)48-32(44)13-12-31(43)40-27-9-10-28(41)33(34(27)45)35(39)46/h9-10,21-26,29-30,41-42,45,47H,6-8,11-20H2,1-5H3,(H2,39,46)(H,40,43)/t22-,23?,24?,25?,26+,29-,30?,36+,37-,38-/m0/s1. The number of carbonyl (C=O) groups excluding carboxylic acids is 3. The van der Waals surface area contributed by atoms with Gasteiger partial charge in [0, 0.05) is 6.42 Å². The summed E-state index contributed by atoms with van der Waals surface area (Å²) in [7, 11) is 0. The molecular formula is C38H58N2O8. The van der Waals surface area contributed by atoms with E-state index >= 15 is 0 Å². The first-order valence-electron chi connectivity index (χ1n) is 18.2. The smallest absolute Gasteiger partial charge is 0.306 e. The van der Waals surface area contributed by atoms with Crippen molar-refractivity contribution >= 4 is 23.5 Å². The van der Waals surface area contributed by atoms with Crippen LogP contribution in [0, 0.1) is 46.3 Å². The molecule has 10 heteroatoms. The van der Waals surface area contributed by atoms with Crippen molar-refractivity contribution in [2.75, 3.05) is 5.32 Å². The third kappa shape index (κ3) is 6.93. The highest BCUT2D eigenvalue weighted by atomic mass is 16.5. The summed E-state index contributed by atoms with van der Waals surface area (Å²) in [6.07, 6.45) is 9.20. The van der Waals surface area contributed by atoms with Crippen LogP contribution in [0.25, 0.3) is 0 Å². The van der Waals surface area contributed by atoms with Crippen LogP contribution in [-0.2, 0) is 14.3 Å². The molecule has 7 N–H and O–H groups in total. The first-order chi connectivity index (χ1) is 22.5. The number of hydrogen-bond acceptors (Lipinski definition) is 8. The van der Waals surface area contributed by atoms with Gasteiger partial charge in [-0.2, -0.15) is 0 Å². The van der Waals surface area contributed by atoms with Crippen LogP contribution in [0.2, 0.25) is 0 Å². The van der Waals surface area contributed by atoms with E-state index in [9.17, 15) is 34.8 Å². The Morgan fingerprint density at radius 1 is 1.00 bits per heavy atom. The van der Waals surface area contributed by atoms with Crippen LogP contribution in [0.4, 0.5) is 5.69 Å². The maximum absolute atomic E-state index is 12.8. The lowest BCUT2D eigenvalue weighted by atomic mass is 9.43. The van der Waals surface area contributed by atoms with Crippen molar-refractivity contribution in [2.45, 2.75) is 136 Å². The molecule has 4 aliphatic carbocycles. The second-order valence-corrected chi connectivity index (χ2v) is 16.8. The number of ether oxygens (including phenoxy) is 1. The second kappa shape index (κ2) is 13.8. The van der Waals surface area contributed by atoms with Gasteiger partial charge in [0.2, 0.25) is 5.91 Å². The molecular weight excluding hydrogens is 612 g/mol. The lowest BCUT2D eigenvalue weighted by Crippen LogP contribution is -2.59. The van der Waals surface area contributed by atoms with E-state index in [2.05, 4.69) is 39.9 Å². The molecule has 48 heavy (non-hydrogen) atoms. The maximum atomic E-state index is 12.8. The van der Waals surface area contributed by atoms with Crippen LogP contribution in [0.3, 0.4) is 0 Å². The molecule has 10 nitrogen and oxygen atoms in total. The van der Waals surface area contributed by atoms with E-state index in [1.165, 1.54) is 6.07 Å². The molecule has 10 atom stereocenters. The number of aliphatic hydroxyl groups is 2. The number of carbonyl (C=O) groups is 3. The van der Waals surface area contributed by atoms with Crippen LogP contribution >= 0.6 is 0 Å². The van der Waals surface area contributed by atoms with Gasteiger partial charge in [0.25, 0.3) is 5.91 Å². The fourth-order valence-electron chi connectivity index (χ4n) is 11.0. The Balaban J connectivity index is 1.16. The number of aliphatic hydroxyl groups excluding tert-OH is 1. The molecule has 0 spiro atoms. The molecule has 0 bridgehead atoms. The highest BCUT2D eigenvalue weighted by molar-refractivity contribution is 6.02. The van der Waals surface area contributed by atoms with Crippen LogP contribution in [0.15, 0.2) is 12.1 Å². The predicted octanol–water partition coefficient (Wildman–Crippen LogP) is 6.03. The highest BCUT2D eigenvalue weighted by Crippen LogP contribution is 2.69. The summed E-state index contributed by atoms with van der Waals surface area (Å²) >= 11 is 0. The molecule has 0 saturated heterocycles. The zero-order valence-corrected chi connectivity index (χ0v) is 29.5. The average molecular weight is 671 g/mol. The summed E-state index contributed by atoms with van der Waals surface area (Å²) in [6, 6.07) is 2.38. The average Bonchev–Trinajstić information content (AvgIpc) is 3.36. The number of amides is 2. The Labute approximate surface area is 285 Å². The van der Waals surface area contributed by atoms with Gasteiger partial charge in [0.05, 0.1) is 23.8 Å². The number of anilines is 1. The van der Waals surface area contributed by atoms with Crippen molar-refractivity contribution in [3.05, 3.63) is 17.7 Å². The largest absolute Gasteiger partial charge is 0.507 e. The third-order valence-electron chi connectivity index (χ3n) is 13.4.